The lowest BCUT2D eigenvalue weighted by Crippen LogP contribution is -2.57. The Morgan fingerprint density at radius 3 is 1.98 bits per heavy atom. The number of hydrogen-bond acceptors (Lipinski definition) is 11. The maximum atomic E-state index is 15.4. The van der Waals surface area contributed by atoms with Crippen LogP contribution >= 0.6 is 6.72 Å². The molecule has 1 aromatic heterocycles. The van der Waals surface area contributed by atoms with Crippen molar-refractivity contribution in [2.24, 2.45) is 0 Å². The molecule has 1 aliphatic rings. The lowest BCUT2D eigenvalue weighted by atomic mass is 9.95. The SMILES string of the molecule is COc1ccc(OP(=S)(OC[C@@]2(C(F)F)O[C@@H](n3cc(F)c(N)nc3=O)C(O)C2(F)F)Oc2ccc(OC)cc2)cc1. The van der Waals surface area contributed by atoms with E-state index in [1.54, 1.807) is 0 Å². The molecule has 1 fully saturated rings. The Hall–Kier alpha value is -3.50. The molecule has 3 N–H and O–H groups in total. The van der Waals surface area contributed by atoms with Crippen LogP contribution in [0, 0.1) is 5.82 Å². The smallest absolute Gasteiger partial charge is 0.435 e. The van der Waals surface area contributed by atoms with E-state index in [-0.39, 0.29) is 16.1 Å². The number of anilines is 1. The van der Waals surface area contributed by atoms with Crippen molar-refractivity contribution in [2.45, 2.75) is 30.3 Å². The number of alkyl halides is 4. The summed E-state index contributed by atoms with van der Waals surface area (Å²) in [7, 11) is 2.82. The van der Waals surface area contributed by atoms with Crippen LogP contribution in [0.2, 0.25) is 0 Å². The molecule has 0 amide bonds. The molecule has 0 radical (unpaired) electrons. The summed E-state index contributed by atoms with van der Waals surface area (Å²) in [5.74, 6) is -6.17. The normalized spacial score (nSPS) is 21.7. The second kappa shape index (κ2) is 12.0. The fourth-order valence-corrected chi connectivity index (χ4v) is 5.73. The van der Waals surface area contributed by atoms with E-state index in [0.717, 1.165) is 0 Å². The maximum Gasteiger partial charge on any atom is 0.435 e. The average Bonchev–Trinajstić information content (AvgIpc) is 3.16. The largest absolute Gasteiger partial charge is 0.497 e. The van der Waals surface area contributed by atoms with E-state index < -0.39 is 60.9 Å². The molecule has 0 bridgehead atoms. The van der Waals surface area contributed by atoms with Crippen LogP contribution < -0.4 is 29.9 Å². The number of aliphatic hydroxyl groups is 1. The van der Waals surface area contributed by atoms with E-state index >= 15 is 8.78 Å². The van der Waals surface area contributed by atoms with E-state index in [1.165, 1.54) is 62.8 Å². The summed E-state index contributed by atoms with van der Waals surface area (Å²) in [6.07, 6.45) is -9.35. The Balaban J connectivity index is 1.69. The zero-order valence-electron chi connectivity index (χ0n) is 21.7. The third kappa shape index (κ3) is 6.01. The first-order valence-electron chi connectivity index (χ1n) is 11.7. The van der Waals surface area contributed by atoms with Crippen molar-refractivity contribution in [3.63, 3.8) is 0 Å². The molecule has 18 heteroatoms. The van der Waals surface area contributed by atoms with Crippen LogP contribution in [0.25, 0.3) is 0 Å². The molecule has 0 saturated carbocycles. The fraction of sp³-hybridized carbons (Fsp3) is 0.333. The van der Waals surface area contributed by atoms with E-state index in [9.17, 15) is 23.1 Å². The molecular formula is C24H23F5N3O8PS. The van der Waals surface area contributed by atoms with Gasteiger partial charge in [0.15, 0.2) is 24.0 Å². The highest BCUT2D eigenvalue weighted by molar-refractivity contribution is 8.07. The van der Waals surface area contributed by atoms with Crippen LogP contribution in [0.15, 0.2) is 59.5 Å². The summed E-state index contributed by atoms with van der Waals surface area (Å²) in [5, 5.41) is 10.3. The summed E-state index contributed by atoms with van der Waals surface area (Å²) in [6, 6.07) is 11.4. The van der Waals surface area contributed by atoms with Crippen molar-refractivity contribution in [3.05, 3.63) is 71.0 Å². The Morgan fingerprint density at radius 2 is 1.52 bits per heavy atom. The number of aromatic nitrogens is 2. The van der Waals surface area contributed by atoms with Gasteiger partial charge in [-0.2, -0.15) is 13.8 Å². The van der Waals surface area contributed by atoms with Crippen LogP contribution in [0.1, 0.15) is 6.23 Å². The van der Waals surface area contributed by atoms with E-state index in [1.807, 2.05) is 0 Å². The quantitative estimate of drug-likeness (QED) is 0.234. The van der Waals surface area contributed by atoms with Gasteiger partial charge in [-0.15, -0.1) is 0 Å². The number of halogens is 5. The molecule has 3 atom stereocenters. The zero-order chi connectivity index (χ0) is 30.9. The van der Waals surface area contributed by atoms with Crippen molar-refractivity contribution in [3.8, 4) is 23.0 Å². The topological polar surface area (TPSA) is 137 Å². The highest BCUT2D eigenvalue weighted by atomic mass is 32.5. The van der Waals surface area contributed by atoms with Gasteiger partial charge in [0.1, 0.15) is 23.0 Å². The number of rotatable bonds is 11. The number of benzene rings is 2. The van der Waals surface area contributed by atoms with Crippen molar-refractivity contribution in [1.82, 2.24) is 9.55 Å². The molecule has 1 saturated heterocycles. The summed E-state index contributed by atoms with van der Waals surface area (Å²) < 4.78 is 106. The van der Waals surface area contributed by atoms with E-state index in [0.29, 0.717) is 17.7 Å². The van der Waals surface area contributed by atoms with Crippen molar-refractivity contribution in [1.29, 1.82) is 0 Å². The first kappa shape index (κ1) is 31.4. The molecular weight excluding hydrogens is 616 g/mol. The predicted molar refractivity (Wildman–Crippen MR) is 140 cm³/mol. The fourth-order valence-electron chi connectivity index (χ4n) is 3.80. The number of hydrogen-bond donors (Lipinski definition) is 2. The highest BCUT2D eigenvalue weighted by Gasteiger charge is 2.74. The van der Waals surface area contributed by atoms with Gasteiger partial charge in [0.05, 0.1) is 27.0 Å². The molecule has 1 unspecified atom stereocenters. The van der Waals surface area contributed by atoms with Crippen molar-refractivity contribution >= 4 is 24.3 Å². The van der Waals surface area contributed by atoms with Gasteiger partial charge in [-0.05, 0) is 48.5 Å². The van der Waals surface area contributed by atoms with Crippen LogP contribution in [0.5, 0.6) is 23.0 Å². The van der Waals surface area contributed by atoms with E-state index in [2.05, 4.69) is 4.98 Å². The van der Waals surface area contributed by atoms with Gasteiger partial charge in [0, 0.05) is 11.8 Å². The van der Waals surface area contributed by atoms with Gasteiger partial charge in [-0.25, -0.2) is 18.0 Å². The number of methoxy groups -OCH3 is 2. The lowest BCUT2D eigenvalue weighted by molar-refractivity contribution is -0.242. The molecule has 0 aliphatic carbocycles. The second-order valence-corrected chi connectivity index (χ2v) is 11.5. The van der Waals surface area contributed by atoms with Gasteiger partial charge >= 0.3 is 18.3 Å². The first-order valence-corrected chi connectivity index (χ1v) is 14.3. The van der Waals surface area contributed by atoms with Gasteiger partial charge in [-0.1, -0.05) is 0 Å². The Morgan fingerprint density at radius 1 is 1.05 bits per heavy atom. The zero-order valence-corrected chi connectivity index (χ0v) is 23.4. The lowest BCUT2D eigenvalue weighted by Gasteiger charge is -2.34. The van der Waals surface area contributed by atoms with Crippen LogP contribution in [-0.4, -0.2) is 59.5 Å². The highest BCUT2D eigenvalue weighted by Crippen LogP contribution is 2.56. The third-order valence-electron chi connectivity index (χ3n) is 6.09. The van der Waals surface area contributed by atoms with Gasteiger partial charge in [0.25, 0.3) is 6.43 Å². The van der Waals surface area contributed by atoms with Gasteiger partial charge in [-0.3, -0.25) is 9.09 Å². The molecule has 2 heterocycles. The number of ether oxygens (including phenoxy) is 3. The molecule has 2 aromatic carbocycles. The number of aliphatic hydroxyl groups excluding tert-OH is 1. The number of nitrogen functional groups attached to an aromatic ring is 1. The summed E-state index contributed by atoms with van der Waals surface area (Å²) in [4.78, 5) is 15.3. The summed E-state index contributed by atoms with van der Waals surface area (Å²) in [5.41, 5.74) is -0.169. The first-order chi connectivity index (χ1) is 19.7. The predicted octanol–water partition coefficient (Wildman–Crippen LogP) is 3.91. The minimum absolute atomic E-state index is 0.00531. The van der Waals surface area contributed by atoms with Crippen molar-refractivity contribution in [2.75, 3.05) is 26.6 Å². The van der Waals surface area contributed by atoms with Gasteiger partial charge in [0.2, 0.25) is 5.60 Å². The average molecular weight is 639 g/mol. The minimum Gasteiger partial charge on any atom is -0.497 e. The standard InChI is InChI=1S/C24H23F5N3O8PS/c1-35-13-3-7-15(8-4-13)39-41(42,40-16-9-5-14(36-2)6-10-16)37-12-23(21(26)27)24(28,29)18(33)20(38-23)32-11-17(25)19(30)31-22(32)34/h3-11,18,20-21,33H,12H2,1-2H3,(H2,30,31,34)/t18?,20-,23+/m1/s1. The van der Waals surface area contributed by atoms with E-state index in [4.69, 9.17) is 45.3 Å². The van der Waals surface area contributed by atoms with Crippen LogP contribution in [-0.2, 0) is 21.1 Å². The third-order valence-corrected chi connectivity index (χ3v) is 8.17. The Bertz CT molecular complexity index is 1460. The van der Waals surface area contributed by atoms with Crippen LogP contribution in [0.4, 0.5) is 27.8 Å². The minimum atomic E-state index is -4.79. The molecule has 4 rings (SSSR count). The monoisotopic (exact) mass is 639 g/mol. The molecule has 228 valence electrons. The van der Waals surface area contributed by atoms with Gasteiger partial charge < -0.3 is 34.1 Å². The van der Waals surface area contributed by atoms with Crippen molar-refractivity contribution < 1.29 is 54.8 Å². The Kier molecular flexibility index (Phi) is 8.99. The molecule has 3 aromatic rings. The summed E-state index contributed by atoms with van der Waals surface area (Å²) >= 11 is 5.38. The molecule has 42 heavy (non-hydrogen) atoms. The number of nitrogens with two attached hydrogens (primary N) is 1. The second-order valence-electron chi connectivity index (χ2n) is 8.68. The molecule has 11 nitrogen and oxygen atoms in total. The summed E-state index contributed by atoms with van der Waals surface area (Å²) in [6.45, 7) is -5.97. The molecule has 0 spiro atoms. The molecule has 1 aliphatic heterocycles. The van der Waals surface area contributed by atoms with Crippen LogP contribution in [0.3, 0.4) is 0 Å². The number of nitrogens with zero attached hydrogens (tertiary/aromatic N) is 2. The maximum absolute atomic E-state index is 15.4. The Labute approximate surface area is 239 Å².